The molecule has 5 aliphatic heterocycles. The largest absolute Gasteiger partial charge is 0.756 e. The van der Waals surface area contributed by atoms with Crippen LogP contribution in [0.3, 0.4) is 0 Å². The van der Waals surface area contributed by atoms with Gasteiger partial charge in [0.2, 0.25) is 11.8 Å². The Morgan fingerprint density at radius 1 is 0.351 bits per heavy atom. The number of amides is 2. The van der Waals surface area contributed by atoms with Gasteiger partial charge in [0.15, 0.2) is 31.5 Å². The van der Waals surface area contributed by atoms with E-state index in [1.54, 1.807) is 6.92 Å². The second-order valence-electron chi connectivity index (χ2n) is 30.8. The molecule has 2 amide bonds. The molecular weight excluding hydrogens is 1530 g/mol. The molecule has 27 atom stereocenters. The Balaban J connectivity index is 1.17. The molecule has 35 heteroatoms. The van der Waals surface area contributed by atoms with E-state index in [1.165, 1.54) is 52.0 Å². The standard InChI is InChI=1S/C79H132N2O31P2/c1-44(2)22-14-23-45(3)24-15-25-46(4)26-16-27-47(5)28-17-29-48(6)30-18-31-49(7)32-19-33-50(8)34-20-35-51(9)36-21-37-52(10)38-39-101-113(97,98)112-114(99,100)111-76-61(81-55(13)87)72(65(91)58(42-84)104-76)107-75-60(80-54(12)86)71(64(90)57(41-83)103-75)108-79-74(110-77-69(95)67(93)62(88)53(11)102-77)73(66(92)59(43-85)106-79)109-78-70(96)68(94)63(89)56(40-82)105-78/h22,24,26,28,30,32,34,36,38,53,56-79,82-85,88-96H,14-21,23,25,27,29,31,33,35,37,39-43H2,1-13H3,(H,80,86)(H,81,87)(H,97,98)(H,99,100)/p-2/b45-24+,46-26+,47-28+,48-30+,49-32+,50-34+,51-36+,52-38+/t53-,56+,57+,58+,59+,60+,61+,62+,63-,64-,65-,66-,67+,68-,69-,70+,71+,72+,73-,74+,75+,76+,77-,78+,79-/m0/s1. The van der Waals surface area contributed by atoms with E-state index in [9.17, 15) is 94.9 Å². The van der Waals surface area contributed by atoms with E-state index in [0.29, 0.717) is 18.4 Å². The third kappa shape index (κ3) is 32.8. The maximum absolute atomic E-state index is 13.6. The van der Waals surface area contributed by atoms with Gasteiger partial charge in [-0.3, -0.25) is 23.2 Å². The topological polar surface area (TPSA) is 512 Å². The molecule has 0 saturated carbocycles. The molecule has 654 valence electrons. The van der Waals surface area contributed by atoms with Crippen LogP contribution in [0.2, 0.25) is 0 Å². The Labute approximate surface area is 670 Å². The number of ether oxygens (including phenoxy) is 9. The number of carbonyl (C=O) groups is 2. The number of phosphoric ester groups is 2. The van der Waals surface area contributed by atoms with Crippen LogP contribution >= 0.6 is 15.6 Å². The predicted molar refractivity (Wildman–Crippen MR) is 413 cm³/mol. The van der Waals surface area contributed by atoms with Crippen LogP contribution in [0, 0.1) is 0 Å². The zero-order chi connectivity index (χ0) is 84.9. The van der Waals surface area contributed by atoms with Crippen molar-refractivity contribution in [3.8, 4) is 0 Å². The molecule has 0 aromatic heterocycles. The van der Waals surface area contributed by atoms with Crippen LogP contribution < -0.4 is 20.4 Å². The molecule has 5 rings (SSSR count). The molecular formula is C79H130N2O31P2-2. The Kier molecular flexibility index (Phi) is 43.8. The fourth-order valence-electron chi connectivity index (χ4n) is 13.6. The van der Waals surface area contributed by atoms with Crippen molar-refractivity contribution in [3.63, 3.8) is 0 Å². The minimum atomic E-state index is -6.23. The van der Waals surface area contributed by atoms with Gasteiger partial charge in [-0.1, -0.05) is 105 Å². The second-order valence-corrected chi connectivity index (χ2v) is 33.7. The molecule has 2 unspecified atom stereocenters. The van der Waals surface area contributed by atoms with Crippen molar-refractivity contribution in [2.24, 2.45) is 0 Å². The predicted octanol–water partition coefficient (Wildman–Crippen LogP) is 4.16. The van der Waals surface area contributed by atoms with Gasteiger partial charge in [-0.2, -0.15) is 0 Å². The van der Waals surface area contributed by atoms with Crippen LogP contribution in [-0.4, -0.2) is 265 Å². The normalized spacial score (nSPS) is 34.5. The van der Waals surface area contributed by atoms with Crippen LogP contribution in [0.15, 0.2) is 105 Å². The molecule has 0 aromatic carbocycles. The van der Waals surface area contributed by atoms with E-state index >= 15 is 0 Å². The van der Waals surface area contributed by atoms with Crippen molar-refractivity contribution in [1.82, 2.24) is 10.6 Å². The zero-order valence-electron chi connectivity index (χ0n) is 68.0. The highest BCUT2D eigenvalue weighted by Gasteiger charge is 2.59. The maximum atomic E-state index is 13.6. The maximum Gasteiger partial charge on any atom is 0.276 e. The number of carbonyl (C=O) groups excluding carboxylic acids is 2. The van der Waals surface area contributed by atoms with Crippen molar-refractivity contribution >= 4 is 27.5 Å². The zero-order valence-corrected chi connectivity index (χ0v) is 69.8. The Morgan fingerprint density at radius 3 is 1.04 bits per heavy atom. The summed E-state index contributed by atoms with van der Waals surface area (Å²) in [6.07, 6.45) is -11.0. The van der Waals surface area contributed by atoms with Crippen LogP contribution in [0.1, 0.15) is 193 Å². The lowest BCUT2D eigenvalue weighted by Gasteiger charge is -2.52. The first-order chi connectivity index (χ1) is 53.7. The minimum absolute atomic E-state index is 0.487. The van der Waals surface area contributed by atoms with E-state index in [-0.39, 0.29) is 0 Å². The SMILES string of the molecule is CC(=O)N[C@H]1[C@@H](OP(=O)([O-])OP(=O)([O-])OC/C=C(\C)CC/C=C(\C)CC/C=C(\C)CC/C=C(\C)CC/C=C(\C)CC/C=C(\C)CC/C=C(\C)CC/C=C(\C)CCC=C(C)C)O[C@H](CO)[C@H](O)[C@@H]1O[C@H]1O[C@H](CO)[C@H](O)[C@H](O[C@@H]2O[C@H](CO)[C@H](O)[C@H](O[C@H]3O[C@H](CO)[C@H](O)[C@H](O)[C@H]3O)[C@H]2O[C@@H]2O[C@@H](C)[C@@H](O)[C@@H](O)[C@@H]2O)[C@H]1NC(C)=O. The van der Waals surface area contributed by atoms with Gasteiger partial charge in [0.25, 0.3) is 15.6 Å². The summed E-state index contributed by atoms with van der Waals surface area (Å²) in [6.45, 7) is 19.4. The number of rotatable bonds is 45. The summed E-state index contributed by atoms with van der Waals surface area (Å²) in [6, 6.07) is -4.07. The molecule has 33 nitrogen and oxygen atoms in total. The summed E-state index contributed by atoms with van der Waals surface area (Å²) in [7, 11) is -12.1. The monoisotopic (exact) mass is 1660 g/mol. The molecule has 0 radical (unpaired) electrons. The number of allylic oxidation sites excluding steroid dienone is 17. The van der Waals surface area contributed by atoms with Crippen LogP contribution in [0.5, 0.6) is 0 Å². The molecule has 5 heterocycles. The fourth-order valence-corrected chi connectivity index (χ4v) is 15.6. The summed E-state index contributed by atoms with van der Waals surface area (Å²) in [5.41, 5.74) is 11.7. The van der Waals surface area contributed by atoms with Gasteiger partial charge in [0.1, 0.15) is 116 Å². The van der Waals surface area contributed by atoms with Gasteiger partial charge in [0.05, 0.1) is 39.1 Å². The molecule has 5 saturated heterocycles. The van der Waals surface area contributed by atoms with Crippen molar-refractivity contribution < 1.29 is 151 Å². The molecule has 0 aliphatic carbocycles. The molecule has 0 spiro atoms. The number of phosphoric acid groups is 2. The van der Waals surface area contributed by atoms with Gasteiger partial charge < -0.3 is 134 Å². The van der Waals surface area contributed by atoms with E-state index < -0.39 is 214 Å². The van der Waals surface area contributed by atoms with Gasteiger partial charge in [-0.15, -0.1) is 0 Å². The van der Waals surface area contributed by atoms with Crippen LogP contribution in [0.4, 0.5) is 0 Å². The van der Waals surface area contributed by atoms with Crippen LogP contribution in [-0.2, 0) is 74.7 Å². The number of nitrogens with one attached hydrogen (secondary N) is 2. The lowest BCUT2D eigenvalue weighted by atomic mass is 9.93. The first-order valence-electron chi connectivity index (χ1n) is 39.3. The summed E-state index contributed by atoms with van der Waals surface area (Å²) in [4.78, 5) is 52.9. The summed E-state index contributed by atoms with van der Waals surface area (Å²) < 4.78 is 94.3. The molecule has 5 aliphatic rings. The average molecular weight is 1670 g/mol. The van der Waals surface area contributed by atoms with E-state index in [4.69, 9.17) is 51.7 Å². The number of aliphatic hydroxyl groups is 13. The first kappa shape index (κ1) is 101. The smallest absolute Gasteiger partial charge is 0.276 e. The molecule has 15 N–H and O–H groups in total. The lowest BCUT2D eigenvalue weighted by Crippen LogP contribution is -2.71. The van der Waals surface area contributed by atoms with E-state index in [0.717, 1.165) is 109 Å². The van der Waals surface area contributed by atoms with E-state index in [1.807, 2.05) is 6.92 Å². The number of hydrogen-bond acceptors (Lipinski definition) is 31. The lowest BCUT2D eigenvalue weighted by molar-refractivity contribution is -0.402. The quantitative estimate of drug-likeness (QED) is 0.0300. The molecule has 0 bridgehead atoms. The van der Waals surface area contributed by atoms with Crippen LogP contribution in [0.25, 0.3) is 0 Å². The summed E-state index contributed by atoms with van der Waals surface area (Å²) >= 11 is 0. The molecule has 0 aromatic rings. The van der Waals surface area contributed by atoms with E-state index in [2.05, 4.69) is 119 Å². The minimum Gasteiger partial charge on any atom is -0.756 e. The highest BCUT2D eigenvalue weighted by molar-refractivity contribution is 7.59. The van der Waals surface area contributed by atoms with Crippen molar-refractivity contribution in [3.05, 3.63) is 105 Å². The molecule has 114 heavy (non-hydrogen) atoms. The molecule has 5 fully saturated rings. The first-order valence-corrected chi connectivity index (χ1v) is 42.2. The number of aliphatic hydroxyl groups excluding tert-OH is 13. The highest BCUT2D eigenvalue weighted by atomic mass is 31.3. The van der Waals surface area contributed by atoms with Gasteiger partial charge in [-0.25, -0.2) is 4.31 Å². The van der Waals surface area contributed by atoms with Crippen molar-refractivity contribution in [1.29, 1.82) is 0 Å². The summed E-state index contributed by atoms with van der Waals surface area (Å²) in [5, 5.41) is 147. The Morgan fingerprint density at radius 2 is 0.649 bits per heavy atom. The number of hydrogen-bond donors (Lipinski definition) is 15. The van der Waals surface area contributed by atoms with Crippen molar-refractivity contribution in [2.75, 3.05) is 33.0 Å². The second kappa shape index (κ2) is 49.6. The van der Waals surface area contributed by atoms with Gasteiger partial charge in [0, 0.05) is 13.8 Å². The Hall–Kier alpha value is -4.02. The van der Waals surface area contributed by atoms with Gasteiger partial charge in [-0.05, 0) is 179 Å². The highest BCUT2D eigenvalue weighted by Crippen LogP contribution is 2.57. The fraction of sp³-hybridized carbons (Fsp3) is 0.747. The third-order valence-corrected chi connectivity index (χ3v) is 23.0. The van der Waals surface area contributed by atoms with Crippen molar-refractivity contribution in [2.45, 2.75) is 346 Å². The summed E-state index contributed by atoms with van der Waals surface area (Å²) in [5.74, 6) is -1.97. The van der Waals surface area contributed by atoms with Gasteiger partial charge >= 0.3 is 0 Å². The average Bonchev–Trinajstić information content (AvgIpc) is 0.889. The Bertz CT molecular complexity index is 3360. The third-order valence-electron chi connectivity index (χ3n) is 20.5.